The Balaban J connectivity index is 1.97. The number of amides is 1. The summed E-state index contributed by atoms with van der Waals surface area (Å²) in [6.45, 7) is 1.52. The third-order valence-electron chi connectivity index (χ3n) is 5.59. The van der Waals surface area contributed by atoms with Gasteiger partial charge in [-0.05, 0) is 43.3 Å². The molecule has 10 heteroatoms. The molecule has 1 amide bonds. The largest absolute Gasteiger partial charge is 0.497 e. The molecule has 0 saturated heterocycles. The van der Waals surface area contributed by atoms with Gasteiger partial charge in [0.05, 0.1) is 18.2 Å². The van der Waals surface area contributed by atoms with E-state index in [-0.39, 0.29) is 34.6 Å². The Morgan fingerprint density at radius 3 is 2.28 bits per heavy atom. The van der Waals surface area contributed by atoms with Crippen LogP contribution >= 0.6 is 0 Å². The lowest BCUT2D eigenvalue weighted by atomic mass is 10.1. The highest BCUT2D eigenvalue weighted by Crippen LogP contribution is 2.34. The summed E-state index contributed by atoms with van der Waals surface area (Å²) in [5.74, 6) is -2.78. The van der Waals surface area contributed by atoms with Crippen LogP contribution in [0.5, 0.6) is 5.75 Å². The molecule has 0 aliphatic rings. The van der Waals surface area contributed by atoms with Crippen molar-refractivity contribution in [3.8, 4) is 11.4 Å². The monoisotopic (exact) mass is 502 g/mol. The van der Waals surface area contributed by atoms with Gasteiger partial charge in [-0.3, -0.25) is 9.59 Å². The predicted octanol–water partition coefficient (Wildman–Crippen LogP) is 5.96. The topological polar surface area (TPSA) is 51.5 Å². The fraction of sp³-hybridized carbons (Fsp3) is 0.154. The number of benzene rings is 3. The van der Waals surface area contributed by atoms with Gasteiger partial charge in [0.25, 0.3) is 5.91 Å². The molecular weight excluding hydrogens is 483 g/mol. The van der Waals surface area contributed by atoms with Crippen LogP contribution in [0, 0.1) is 11.6 Å². The van der Waals surface area contributed by atoms with Crippen LogP contribution in [-0.2, 0) is 6.18 Å². The molecule has 0 radical (unpaired) electrons. The van der Waals surface area contributed by atoms with E-state index in [2.05, 4.69) is 0 Å². The standard InChI is InChI=1S/C26H19F5N2O3/c1-3-32(19-11-16(27)10-17(28)12-19)25(35)22-14-33(23-7-5-4-6-21(23)24(22)34)18-8-15(26(29,30)31)9-20(13-18)36-2/h4-14H,3H2,1-2H3. The average Bonchev–Trinajstić information content (AvgIpc) is 2.83. The second-order valence-corrected chi connectivity index (χ2v) is 7.85. The zero-order chi connectivity index (χ0) is 26.2. The van der Waals surface area contributed by atoms with Crippen molar-refractivity contribution in [3.63, 3.8) is 0 Å². The molecule has 5 nitrogen and oxygen atoms in total. The summed E-state index contributed by atoms with van der Waals surface area (Å²) in [5, 5.41) is 0.0706. The van der Waals surface area contributed by atoms with E-state index in [1.807, 2.05) is 0 Å². The van der Waals surface area contributed by atoms with E-state index in [9.17, 15) is 31.5 Å². The highest BCUT2D eigenvalue weighted by molar-refractivity contribution is 6.07. The number of rotatable bonds is 5. The molecule has 0 bridgehead atoms. The average molecular weight is 502 g/mol. The predicted molar refractivity (Wildman–Crippen MR) is 125 cm³/mol. The van der Waals surface area contributed by atoms with E-state index in [0.29, 0.717) is 6.07 Å². The summed E-state index contributed by atoms with van der Waals surface area (Å²) in [5.41, 5.74) is -1.93. The second kappa shape index (κ2) is 9.44. The van der Waals surface area contributed by atoms with Gasteiger partial charge in [0.2, 0.25) is 5.43 Å². The Morgan fingerprint density at radius 1 is 1.00 bits per heavy atom. The number of para-hydroxylation sites is 1. The first kappa shape index (κ1) is 24.9. The molecule has 186 valence electrons. The van der Waals surface area contributed by atoms with Gasteiger partial charge >= 0.3 is 6.18 Å². The number of carbonyl (C=O) groups is 1. The van der Waals surface area contributed by atoms with Crippen LogP contribution in [0.15, 0.2) is 71.7 Å². The molecule has 4 aromatic rings. The Hall–Kier alpha value is -4.21. The lowest BCUT2D eigenvalue weighted by Gasteiger charge is -2.22. The number of carbonyl (C=O) groups excluding carboxylic acids is 1. The van der Waals surface area contributed by atoms with Gasteiger partial charge in [0, 0.05) is 41.6 Å². The molecular formula is C26H19F5N2O3. The Morgan fingerprint density at radius 2 is 1.67 bits per heavy atom. The minimum absolute atomic E-state index is 0.00762. The molecule has 1 heterocycles. The molecule has 1 aromatic heterocycles. The van der Waals surface area contributed by atoms with Gasteiger partial charge < -0.3 is 14.2 Å². The van der Waals surface area contributed by atoms with Gasteiger partial charge in [-0.2, -0.15) is 13.2 Å². The number of hydrogen-bond donors (Lipinski definition) is 0. The third-order valence-corrected chi connectivity index (χ3v) is 5.59. The number of alkyl halides is 3. The Labute approximate surface area is 202 Å². The molecule has 0 saturated carbocycles. The lowest BCUT2D eigenvalue weighted by Crippen LogP contribution is -2.35. The van der Waals surface area contributed by atoms with Crippen molar-refractivity contribution in [3.05, 3.63) is 99.8 Å². The number of ether oxygens (including phenoxy) is 1. The van der Waals surface area contributed by atoms with Crippen molar-refractivity contribution in [2.75, 3.05) is 18.6 Å². The number of halogens is 5. The molecule has 36 heavy (non-hydrogen) atoms. The number of aromatic nitrogens is 1. The van der Waals surface area contributed by atoms with Crippen LogP contribution in [0.1, 0.15) is 22.8 Å². The van der Waals surface area contributed by atoms with E-state index < -0.39 is 40.3 Å². The summed E-state index contributed by atoms with van der Waals surface area (Å²) in [4.78, 5) is 27.7. The van der Waals surface area contributed by atoms with Gasteiger partial charge in [-0.1, -0.05) is 12.1 Å². The lowest BCUT2D eigenvalue weighted by molar-refractivity contribution is -0.137. The maximum Gasteiger partial charge on any atom is 0.416 e. The smallest absolute Gasteiger partial charge is 0.416 e. The van der Waals surface area contributed by atoms with Crippen molar-refractivity contribution < 1.29 is 31.5 Å². The number of anilines is 1. The number of fused-ring (bicyclic) bond motifs is 1. The van der Waals surface area contributed by atoms with Crippen LogP contribution in [0.4, 0.5) is 27.6 Å². The molecule has 0 aliphatic carbocycles. The van der Waals surface area contributed by atoms with Crippen molar-refractivity contribution in [2.24, 2.45) is 0 Å². The third kappa shape index (κ3) is 4.66. The summed E-state index contributed by atoms with van der Waals surface area (Å²) >= 11 is 0. The zero-order valence-corrected chi connectivity index (χ0v) is 19.1. The molecule has 4 rings (SSSR count). The molecule has 0 unspecified atom stereocenters. The number of nitrogens with zero attached hydrogens (tertiary/aromatic N) is 2. The van der Waals surface area contributed by atoms with Crippen LogP contribution < -0.4 is 15.1 Å². The van der Waals surface area contributed by atoms with Crippen LogP contribution in [0.25, 0.3) is 16.6 Å². The van der Waals surface area contributed by atoms with Crippen molar-refractivity contribution in [1.29, 1.82) is 0 Å². The zero-order valence-electron chi connectivity index (χ0n) is 19.1. The molecule has 0 atom stereocenters. The van der Waals surface area contributed by atoms with E-state index >= 15 is 0 Å². The fourth-order valence-corrected chi connectivity index (χ4v) is 3.93. The van der Waals surface area contributed by atoms with Crippen LogP contribution in [0.2, 0.25) is 0 Å². The summed E-state index contributed by atoms with van der Waals surface area (Å²) in [7, 11) is 1.22. The van der Waals surface area contributed by atoms with Gasteiger partial charge in [-0.25, -0.2) is 8.78 Å². The van der Waals surface area contributed by atoms with Gasteiger partial charge in [-0.15, -0.1) is 0 Å². The van der Waals surface area contributed by atoms with Crippen molar-refractivity contribution >= 4 is 22.5 Å². The first-order chi connectivity index (χ1) is 17.0. The van der Waals surface area contributed by atoms with E-state index in [1.165, 1.54) is 29.9 Å². The minimum Gasteiger partial charge on any atom is -0.497 e. The summed E-state index contributed by atoms with van der Waals surface area (Å²) in [6, 6.07) is 11.7. The normalized spacial score (nSPS) is 11.5. The SMILES string of the molecule is CCN(C(=O)c1cn(-c2cc(OC)cc(C(F)(F)F)c2)c2ccccc2c1=O)c1cc(F)cc(F)c1. The number of pyridine rings is 1. The first-order valence-electron chi connectivity index (χ1n) is 10.7. The highest BCUT2D eigenvalue weighted by Gasteiger charge is 2.32. The quantitative estimate of drug-likeness (QED) is 0.317. The second-order valence-electron chi connectivity index (χ2n) is 7.85. The van der Waals surface area contributed by atoms with Gasteiger partial charge in [0.15, 0.2) is 0 Å². The fourth-order valence-electron chi connectivity index (χ4n) is 3.93. The molecule has 0 N–H and O–H groups in total. The highest BCUT2D eigenvalue weighted by atomic mass is 19.4. The van der Waals surface area contributed by atoms with E-state index in [4.69, 9.17) is 4.74 Å². The molecule has 0 aliphatic heterocycles. The summed E-state index contributed by atoms with van der Waals surface area (Å²) < 4.78 is 74.6. The number of hydrogen-bond acceptors (Lipinski definition) is 3. The number of methoxy groups -OCH3 is 1. The van der Waals surface area contributed by atoms with Gasteiger partial charge in [0.1, 0.15) is 22.9 Å². The Bertz CT molecular complexity index is 1510. The minimum atomic E-state index is -4.68. The van der Waals surface area contributed by atoms with Crippen molar-refractivity contribution in [2.45, 2.75) is 13.1 Å². The maximum absolute atomic E-state index is 13.8. The molecule has 0 spiro atoms. The summed E-state index contributed by atoms with van der Waals surface area (Å²) in [6.07, 6.45) is -3.56. The maximum atomic E-state index is 13.8. The van der Waals surface area contributed by atoms with Crippen LogP contribution in [-0.4, -0.2) is 24.1 Å². The van der Waals surface area contributed by atoms with Crippen LogP contribution in [0.3, 0.4) is 0 Å². The van der Waals surface area contributed by atoms with Crippen molar-refractivity contribution in [1.82, 2.24) is 4.57 Å². The molecule has 3 aromatic carbocycles. The van der Waals surface area contributed by atoms with E-state index in [1.54, 1.807) is 19.1 Å². The molecule has 0 fully saturated rings. The Kier molecular flexibility index (Phi) is 6.53. The first-order valence-corrected chi connectivity index (χ1v) is 10.7. The van der Waals surface area contributed by atoms with E-state index in [0.717, 1.165) is 35.4 Å².